The van der Waals surface area contributed by atoms with Crippen molar-refractivity contribution in [1.29, 1.82) is 5.26 Å². The van der Waals surface area contributed by atoms with Crippen molar-refractivity contribution < 1.29 is 4.39 Å². The van der Waals surface area contributed by atoms with Gasteiger partial charge in [0.25, 0.3) is 0 Å². The number of rotatable bonds is 4. The first-order chi connectivity index (χ1) is 5.70. The maximum absolute atomic E-state index is 12.7. The Labute approximate surface area is 80.0 Å². The standard InChI is InChI=1S/C9H9BrFN/c1-8(7-10)6-9(11)4-2-3-5-12/h2,4,6H,1,3,7H2/b4-2-,9-6+. The zero-order valence-electron chi connectivity index (χ0n) is 6.56. The number of halogens is 2. The zero-order chi connectivity index (χ0) is 9.40. The first-order valence-electron chi connectivity index (χ1n) is 3.35. The molecule has 0 spiro atoms. The highest BCUT2D eigenvalue weighted by atomic mass is 79.9. The Hall–Kier alpha value is -0.880. The van der Waals surface area contributed by atoms with E-state index >= 15 is 0 Å². The van der Waals surface area contributed by atoms with Crippen LogP contribution in [0.2, 0.25) is 0 Å². The molecule has 0 unspecified atom stereocenters. The van der Waals surface area contributed by atoms with E-state index in [1.807, 2.05) is 6.07 Å². The van der Waals surface area contributed by atoms with Crippen molar-refractivity contribution in [3.63, 3.8) is 0 Å². The van der Waals surface area contributed by atoms with Gasteiger partial charge in [-0.25, -0.2) is 4.39 Å². The van der Waals surface area contributed by atoms with Crippen LogP contribution in [0.1, 0.15) is 6.42 Å². The first kappa shape index (κ1) is 11.1. The topological polar surface area (TPSA) is 23.8 Å². The van der Waals surface area contributed by atoms with Gasteiger partial charge in [0.15, 0.2) is 0 Å². The predicted molar refractivity (Wildman–Crippen MR) is 51.5 cm³/mol. The molecule has 0 saturated carbocycles. The van der Waals surface area contributed by atoms with Crippen molar-refractivity contribution in [1.82, 2.24) is 0 Å². The van der Waals surface area contributed by atoms with Crippen LogP contribution in [0.15, 0.2) is 36.2 Å². The fraction of sp³-hybridized carbons (Fsp3) is 0.222. The molecule has 0 saturated heterocycles. The zero-order valence-corrected chi connectivity index (χ0v) is 8.14. The molecule has 0 aliphatic heterocycles. The van der Waals surface area contributed by atoms with Gasteiger partial charge in [-0.15, -0.1) is 0 Å². The molecule has 0 aromatic heterocycles. The summed E-state index contributed by atoms with van der Waals surface area (Å²) >= 11 is 3.14. The molecule has 0 aromatic rings. The minimum Gasteiger partial charge on any atom is -0.207 e. The van der Waals surface area contributed by atoms with Crippen molar-refractivity contribution in [2.24, 2.45) is 0 Å². The lowest BCUT2D eigenvalue weighted by Crippen LogP contribution is -1.75. The van der Waals surface area contributed by atoms with E-state index in [2.05, 4.69) is 22.5 Å². The smallest absolute Gasteiger partial charge is 0.123 e. The lowest BCUT2D eigenvalue weighted by molar-refractivity contribution is 0.665. The van der Waals surface area contributed by atoms with Crippen molar-refractivity contribution in [2.45, 2.75) is 6.42 Å². The van der Waals surface area contributed by atoms with E-state index in [1.54, 1.807) is 0 Å². The van der Waals surface area contributed by atoms with E-state index < -0.39 is 0 Å². The van der Waals surface area contributed by atoms with Gasteiger partial charge >= 0.3 is 0 Å². The largest absolute Gasteiger partial charge is 0.207 e. The van der Waals surface area contributed by atoms with Gasteiger partial charge in [-0.3, -0.25) is 0 Å². The second-order valence-electron chi connectivity index (χ2n) is 2.09. The number of nitriles is 1. The Balaban J connectivity index is 4.03. The summed E-state index contributed by atoms with van der Waals surface area (Å²) < 4.78 is 12.7. The Kier molecular flexibility index (Phi) is 6.31. The molecule has 0 N–H and O–H groups in total. The van der Waals surface area contributed by atoms with Gasteiger partial charge in [-0.1, -0.05) is 28.6 Å². The van der Waals surface area contributed by atoms with Gasteiger partial charge in [0.1, 0.15) is 5.83 Å². The van der Waals surface area contributed by atoms with Crippen molar-refractivity contribution in [3.05, 3.63) is 36.2 Å². The molecule has 0 radical (unpaired) electrons. The molecule has 0 amide bonds. The highest BCUT2D eigenvalue weighted by Gasteiger charge is 1.89. The summed E-state index contributed by atoms with van der Waals surface area (Å²) in [6, 6.07) is 1.88. The average molecular weight is 230 g/mol. The highest BCUT2D eigenvalue weighted by molar-refractivity contribution is 9.09. The molecule has 64 valence electrons. The summed E-state index contributed by atoms with van der Waals surface area (Å²) in [4.78, 5) is 0. The molecular formula is C9H9BrFN. The number of alkyl halides is 1. The minimum absolute atomic E-state index is 0.224. The normalized spacial score (nSPS) is 11.6. The molecule has 0 aliphatic rings. The van der Waals surface area contributed by atoms with Crippen LogP contribution in [0.5, 0.6) is 0 Å². The Bertz CT molecular complexity index is 248. The molecule has 1 nitrogen and oxygen atoms in total. The van der Waals surface area contributed by atoms with Gasteiger partial charge in [0.05, 0.1) is 12.5 Å². The van der Waals surface area contributed by atoms with E-state index in [9.17, 15) is 4.39 Å². The van der Waals surface area contributed by atoms with Crippen molar-refractivity contribution in [3.8, 4) is 6.07 Å². The molecule has 0 heterocycles. The van der Waals surface area contributed by atoms with E-state index in [0.29, 0.717) is 10.9 Å². The number of hydrogen-bond donors (Lipinski definition) is 0. The summed E-state index contributed by atoms with van der Waals surface area (Å²) in [6.45, 7) is 3.58. The number of allylic oxidation sites excluding steroid dienone is 5. The van der Waals surface area contributed by atoms with Crippen LogP contribution in [-0.4, -0.2) is 5.33 Å². The molecule has 0 bridgehead atoms. The molecule has 0 fully saturated rings. The summed E-state index contributed by atoms with van der Waals surface area (Å²) in [7, 11) is 0. The summed E-state index contributed by atoms with van der Waals surface area (Å²) in [5, 5.41) is 8.69. The Morgan fingerprint density at radius 3 is 2.83 bits per heavy atom. The highest BCUT2D eigenvalue weighted by Crippen LogP contribution is 2.06. The van der Waals surface area contributed by atoms with Crippen LogP contribution in [0, 0.1) is 11.3 Å². The fourth-order valence-electron chi connectivity index (χ4n) is 0.506. The van der Waals surface area contributed by atoms with Crippen molar-refractivity contribution in [2.75, 3.05) is 5.33 Å². The summed E-state index contributed by atoms with van der Waals surface area (Å²) in [5.41, 5.74) is 0.661. The first-order valence-corrected chi connectivity index (χ1v) is 4.47. The van der Waals surface area contributed by atoms with E-state index in [1.165, 1.54) is 18.2 Å². The number of nitrogens with zero attached hydrogens (tertiary/aromatic N) is 1. The Morgan fingerprint density at radius 2 is 2.33 bits per heavy atom. The molecule has 0 aromatic carbocycles. The van der Waals surface area contributed by atoms with Gasteiger partial charge in [-0.05, 0) is 17.7 Å². The van der Waals surface area contributed by atoms with E-state index in [-0.39, 0.29) is 12.2 Å². The fourth-order valence-corrected chi connectivity index (χ4v) is 0.668. The third-order valence-corrected chi connectivity index (χ3v) is 1.72. The maximum atomic E-state index is 12.7. The third kappa shape index (κ3) is 5.87. The van der Waals surface area contributed by atoms with Gasteiger partial charge in [-0.2, -0.15) is 5.26 Å². The molecular weight excluding hydrogens is 221 g/mol. The SMILES string of the molecule is C=C(/C=C(F)\C=C/CC#N)CBr. The van der Waals surface area contributed by atoms with Crippen molar-refractivity contribution >= 4 is 15.9 Å². The monoisotopic (exact) mass is 229 g/mol. The molecule has 12 heavy (non-hydrogen) atoms. The second kappa shape index (κ2) is 6.81. The third-order valence-electron chi connectivity index (χ3n) is 1.000. The van der Waals surface area contributed by atoms with E-state index in [4.69, 9.17) is 5.26 Å². The van der Waals surface area contributed by atoms with E-state index in [0.717, 1.165) is 0 Å². The van der Waals surface area contributed by atoms with Crippen LogP contribution in [-0.2, 0) is 0 Å². The predicted octanol–water partition coefficient (Wildman–Crippen LogP) is 3.26. The van der Waals surface area contributed by atoms with Crippen LogP contribution in [0.25, 0.3) is 0 Å². The minimum atomic E-state index is -0.380. The average Bonchev–Trinajstić information content (AvgIpc) is 2.05. The summed E-state index contributed by atoms with van der Waals surface area (Å²) in [5.74, 6) is -0.380. The lowest BCUT2D eigenvalue weighted by atomic mass is 10.3. The Morgan fingerprint density at radius 1 is 1.67 bits per heavy atom. The molecule has 0 aliphatic carbocycles. The van der Waals surface area contributed by atoms with Crippen LogP contribution < -0.4 is 0 Å². The van der Waals surface area contributed by atoms with Crippen LogP contribution in [0.3, 0.4) is 0 Å². The maximum Gasteiger partial charge on any atom is 0.123 e. The molecule has 0 rings (SSSR count). The molecule has 3 heteroatoms. The van der Waals surface area contributed by atoms with Gasteiger partial charge in [0.2, 0.25) is 0 Å². The molecule has 0 atom stereocenters. The van der Waals surface area contributed by atoms with Crippen LogP contribution in [0.4, 0.5) is 4.39 Å². The van der Waals surface area contributed by atoms with Gasteiger partial charge in [0, 0.05) is 5.33 Å². The number of hydrogen-bond acceptors (Lipinski definition) is 1. The second-order valence-corrected chi connectivity index (χ2v) is 2.65. The van der Waals surface area contributed by atoms with Crippen LogP contribution >= 0.6 is 15.9 Å². The van der Waals surface area contributed by atoms with Gasteiger partial charge < -0.3 is 0 Å². The quantitative estimate of drug-likeness (QED) is 0.537. The lowest BCUT2D eigenvalue weighted by Gasteiger charge is -1.90. The summed E-state index contributed by atoms with van der Waals surface area (Å²) in [6.07, 6.45) is 4.27.